The largest absolute Gasteiger partial charge is 0.489 e. The van der Waals surface area contributed by atoms with Crippen molar-refractivity contribution in [2.75, 3.05) is 13.1 Å². The van der Waals surface area contributed by atoms with Crippen LogP contribution in [0.4, 0.5) is 0 Å². The first-order valence-corrected chi connectivity index (χ1v) is 12.9. The maximum absolute atomic E-state index is 6.22. The Hall–Kier alpha value is -4.08. The van der Waals surface area contributed by atoms with Gasteiger partial charge in [0.1, 0.15) is 17.5 Å². The Morgan fingerprint density at radius 1 is 1.00 bits per heavy atom. The van der Waals surface area contributed by atoms with Gasteiger partial charge in [0.25, 0.3) is 0 Å². The molecule has 36 heavy (non-hydrogen) atoms. The van der Waals surface area contributed by atoms with E-state index in [0.29, 0.717) is 11.5 Å². The van der Waals surface area contributed by atoms with Crippen molar-refractivity contribution in [1.29, 1.82) is 0 Å². The zero-order valence-electron chi connectivity index (χ0n) is 19.4. The number of nitrogens with one attached hydrogen (secondary N) is 3. The Morgan fingerprint density at radius 2 is 1.94 bits per heavy atom. The number of imidazole rings is 1. The van der Waals surface area contributed by atoms with E-state index in [0.717, 1.165) is 70.5 Å². The normalized spacial score (nSPS) is 14.6. The average Bonchev–Trinajstić information content (AvgIpc) is 3.68. The van der Waals surface area contributed by atoms with E-state index >= 15 is 0 Å². The van der Waals surface area contributed by atoms with Gasteiger partial charge in [0, 0.05) is 33.8 Å². The van der Waals surface area contributed by atoms with E-state index in [-0.39, 0.29) is 6.10 Å². The van der Waals surface area contributed by atoms with Gasteiger partial charge in [0.15, 0.2) is 11.5 Å². The number of nitrogens with zero attached hydrogens (tertiary/aromatic N) is 4. The molecule has 1 aromatic carbocycles. The number of rotatable bonds is 5. The van der Waals surface area contributed by atoms with Gasteiger partial charge in [-0.25, -0.2) is 9.97 Å². The molecule has 1 fully saturated rings. The fourth-order valence-electron chi connectivity index (χ4n) is 4.78. The van der Waals surface area contributed by atoms with Gasteiger partial charge in [-0.2, -0.15) is 5.10 Å². The molecule has 0 unspecified atom stereocenters. The number of aromatic amines is 2. The Labute approximate surface area is 210 Å². The number of H-pyrrole nitrogens is 2. The summed E-state index contributed by atoms with van der Waals surface area (Å²) in [5.74, 6) is 1.49. The zero-order valence-corrected chi connectivity index (χ0v) is 20.2. The van der Waals surface area contributed by atoms with Crippen LogP contribution in [0, 0.1) is 0 Å². The molecule has 9 heteroatoms. The average molecular weight is 494 g/mol. The predicted octanol–water partition coefficient (Wildman–Crippen LogP) is 5.42. The van der Waals surface area contributed by atoms with Crippen molar-refractivity contribution in [2.24, 2.45) is 0 Å². The third-order valence-electron chi connectivity index (χ3n) is 6.60. The van der Waals surface area contributed by atoms with Crippen LogP contribution in [0.3, 0.4) is 0 Å². The molecular weight excluding hydrogens is 470 g/mol. The molecule has 0 radical (unpaired) electrons. The van der Waals surface area contributed by atoms with Crippen molar-refractivity contribution in [3.05, 3.63) is 66.4 Å². The number of thiophene rings is 1. The Balaban J connectivity index is 1.26. The smallest absolute Gasteiger partial charge is 0.178 e. The minimum Gasteiger partial charge on any atom is -0.489 e. The van der Waals surface area contributed by atoms with Crippen molar-refractivity contribution in [3.63, 3.8) is 0 Å². The number of piperidine rings is 1. The molecule has 0 bridgehead atoms. The van der Waals surface area contributed by atoms with Gasteiger partial charge in [-0.15, -0.1) is 11.3 Å². The summed E-state index contributed by atoms with van der Waals surface area (Å²) in [5, 5.41) is 14.2. The van der Waals surface area contributed by atoms with Crippen molar-refractivity contribution in [3.8, 4) is 38.8 Å². The zero-order chi connectivity index (χ0) is 23.9. The summed E-state index contributed by atoms with van der Waals surface area (Å²) in [5.41, 5.74) is 6.42. The lowest BCUT2D eigenvalue weighted by Gasteiger charge is -2.23. The molecule has 5 aromatic heterocycles. The fraction of sp³-hybridized carbons (Fsp3) is 0.185. The second-order valence-electron chi connectivity index (χ2n) is 8.93. The number of hydrogen-bond donors (Lipinski definition) is 3. The minimum absolute atomic E-state index is 0.229. The van der Waals surface area contributed by atoms with Crippen molar-refractivity contribution in [1.82, 2.24) is 35.5 Å². The van der Waals surface area contributed by atoms with Crippen LogP contribution in [0.5, 0.6) is 5.75 Å². The first kappa shape index (κ1) is 21.2. The molecule has 1 aliphatic rings. The number of ether oxygens (including phenoxy) is 1. The molecule has 178 valence electrons. The van der Waals surface area contributed by atoms with E-state index in [4.69, 9.17) is 9.72 Å². The summed E-state index contributed by atoms with van der Waals surface area (Å²) in [6, 6.07) is 14.5. The fourth-order valence-corrected chi connectivity index (χ4v) is 5.54. The highest BCUT2D eigenvalue weighted by Gasteiger charge is 2.18. The standard InChI is InChI=1S/C27H23N7OS/c1-2-23(36-11-1)20-7-10-30-26-24(20)31-27(32-26)25-21-13-16(3-4-22(21)33-34-25)17-12-19(15-29-14-17)35-18-5-8-28-9-6-18/h1-4,7,10-15,18,28H,5-6,8-9H2,(H,33,34)(H,30,31,32). The van der Waals surface area contributed by atoms with E-state index < -0.39 is 0 Å². The van der Waals surface area contributed by atoms with Crippen molar-refractivity contribution < 1.29 is 4.74 Å². The summed E-state index contributed by atoms with van der Waals surface area (Å²) in [6.45, 7) is 1.98. The Morgan fingerprint density at radius 3 is 2.83 bits per heavy atom. The molecule has 7 rings (SSSR count). The van der Waals surface area contributed by atoms with Crippen LogP contribution in [0.1, 0.15) is 12.8 Å². The van der Waals surface area contributed by atoms with Crippen LogP contribution < -0.4 is 10.1 Å². The Kier molecular flexibility index (Phi) is 5.22. The monoisotopic (exact) mass is 493 g/mol. The van der Waals surface area contributed by atoms with E-state index in [1.807, 2.05) is 24.4 Å². The highest BCUT2D eigenvalue weighted by molar-refractivity contribution is 7.13. The van der Waals surface area contributed by atoms with Gasteiger partial charge in [0.05, 0.1) is 17.2 Å². The third-order valence-corrected chi connectivity index (χ3v) is 7.50. The lowest BCUT2D eigenvalue weighted by atomic mass is 10.0. The molecule has 0 atom stereocenters. The van der Waals surface area contributed by atoms with Crippen LogP contribution in [-0.2, 0) is 0 Å². The van der Waals surface area contributed by atoms with Crippen molar-refractivity contribution >= 4 is 33.4 Å². The number of benzene rings is 1. The van der Waals surface area contributed by atoms with Gasteiger partial charge >= 0.3 is 0 Å². The minimum atomic E-state index is 0.229. The molecular formula is C27H23N7OS. The maximum Gasteiger partial charge on any atom is 0.178 e. The highest BCUT2D eigenvalue weighted by atomic mass is 32.1. The molecule has 0 saturated carbocycles. The van der Waals surface area contributed by atoms with Crippen LogP contribution in [0.15, 0.2) is 66.4 Å². The number of hydrogen-bond acceptors (Lipinski definition) is 7. The second kappa shape index (κ2) is 8.85. The molecule has 3 N–H and O–H groups in total. The van der Waals surface area contributed by atoms with Gasteiger partial charge in [-0.05, 0) is 67.2 Å². The van der Waals surface area contributed by atoms with Gasteiger partial charge < -0.3 is 15.0 Å². The van der Waals surface area contributed by atoms with Crippen LogP contribution in [0.2, 0.25) is 0 Å². The molecule has 1 saturated heterocycles. The predicted molar refractivity (Wildman–Crippen MR) is 142 cm³/mol. The molecule has 0 spiro atoms. The van der Waals surface area contributed by atoms with Crippen molar-refractivity contribution in [2.45, 2.75) is 18.9 Å². The van der Waals surface area contributed by atoms with E-state index in [2.05, 4.69) is 60.1 Å². The molecule has 0 aliphatic carbocycles. The van der Waals surface area contributed by atoms with E-state index in [1.54, 1.807) is 23.7 Å². The number of pyridine rings is 2. The van der Waals surface area contributed by atoms with Gasteiger partial charge in [-0.1, -0.05) is 12.1 Å². The summed E-state index contributed by atoms with van der Waals surface area (Å²) in [7, 11) is 0. The number of aromatic nitrogens is 6. The summed E-state index contributed by atoms with van der Waals surface area (Å²) < 4.78 is 6.22. The lowest BCUT2D eigenvalue weighted by molar-refractivity contribution is 0.162. The van der Waals surface area contributed by atoms with Crippen LogP contribution >= 0.6 is 11.3 Å². The van der Waals surface area contributed by atoms with Crippen LogP contribution in [0.25, 0.3) is 55.2 Å². The molecule has 6 heterocycles. The Bertz CT molecular complexity index is 1660. The van der Waals surface area contributed by atoms with Crippen LogP contribution in [-0.4, -0.2) is 49.3 Å². The molecule has 6 aromatic rings. The van der Waals surface area contributed by atoms with E-state index in [9.17, 15) is 0 Å². The van der Waals surface area contributed by atoms with Gasteiger partial charge in [-0.3, -0.25) is 10.1 Å². The first-order chi connectivity index (χ1) is 17.8. The first-order valence-electron chi connectivity index (χ1n) is 12.0. The van der Waals surface area contributed by atoms with E-state index in [1.165, 1.54) is 4.88 Å². The highest BCUT2D eigenvalue weighted by Crippen LogP contribution is 2.34. The summed E-state index contributed by atoms with van der Waals surface area (Å²) in [6.07, 6.45) is 7.71. The second-order valence-corrected chi connectivity index (χ2v) is 9.88. The maximum atomic E-state index is 6.22. The lowest BCUT2D eigenvalue weighted by Crippen LogP contribution is -2.34. The molecule has 0 amide bonds. The third kappa shape index (κ3) is 3.82. The summed E-state index contributed by atoms with van der Waals surface area (Å²) in [4.78, 5) is 18.4. The molecule has 8 nitrogen and oxygen atoms in total. The molecule has 1 aliphatic heterocycles. The topological polar surface area (TPSA) is 104 Å². The van der Waals surface area contributed by atoms with Gasteiger partial charge in [0.2, 0.25) is 0 Å². The number of fused-ring (bicyclic) bond motifs is 2. The summed E-state index contributed by atoms with van der Waals surface area (Å²) >= 11 is 1.69. The quantitative estimate of drug-likeness (QED) is 0.296. The SMILES string of the molecule is c1csc(-c2ccnc3nc(-c4n[nH]c5ccc(-c6cncc(OC7CCNCC7)c6)cc45)[nH]c23)c1.